The standard InChI is InChI=1S/C12H16N2OS/c1-6(15)10-8-5-7-3-4-9(14(7)2)11(8)16-12(10)13/h7,9H,3-5,13H2,1-2H3/t7-,9-/m1/s1. The van der Waals surface area contributed by atoms with E-state index < -0.39 is 0 Å². The summed E-state index contributed by atoms with van der Waals surface area (Å²) in [6, 6.07) is 1.12. The molecular formula is C12H16N2OS. The molecule has 0 amide bonds. The van der Waals surface area contributed by atoms with E-state index in [1.165, 1.54) is 23.3 Å². The molecule has 0 unspecified atom stereocenters. The van der Waals surface area contributed by atoms with Gasteiger partial charge in [-0.3, -0.25) is 9.69 Å². The largest absolute Gasteiger partial charge is 0.390 e. The highest BCUT2D eigenvalue weighted by Gasteiger charge is 2.40. The molecule has 1 aromatic rings. The van der Waals surface area contributed by atoms with Crippen LogP contribution in [-0.4, -0.2) is 23.8 Å². The van der Waals surface area contributed by atoms with Crippen LogP contribution in [0, 0.1) is 0 Å². The van der Waals surface area contributed by atoms with Crippen LogP contribution in [0.1, 0.15) is 46.6 Å². The Morgan fingerprint density at radius 3 is 2.94 bits per heavy atom. The second kappa shape index (κ2) is 3.31. The third-order valence-corrected chi connectivity index (χ3v) is 5.16. The molecule has 2 bridgehead atoms. The average molecular weight is 236 g/mol. The van der Waals surface area contributed by atoms with E-state index in [9.17, 15) is 4.79 Å². The second-order valence-corrected chi connectivity index (χ2v) is 5.94. The van der Waals surface area contributed by atoms with Crippen molar-refractivity contribution in [2.75, 3.05) is 12.8 Å². The number of carbonyl (C=O) groups is 1. The number of Topliss-reactive ketones (excluding diaryl/α,β-unsaturated/α-hetero) is 1. The van der Waals surface area contributed by atoms with E-state index in [1.807, 2.05) is 0 Å². The molecule has 1 aromatic heterocycles. The van der Waals surface area contributed by atoms with Crippen LogP contribution in [0.2, 0.25) is 0 Å². The fraction of sp³-hybridized carbons (Fsp3) is 0.583. The van der Waals surface area contributed by atoms with Crippen molar-refractivity contribution in [3.63, 3.8) is 0 Å². The molecule has 3 rings (SSSR count). The van der Waals surface area contributed by atoms with Crippen molar-refractivity contribution in [3.8, 4) is 0 Å². The van der Waals surface area contributed by atoms with Crippen LogP contribution in [0.4, 0.5) is 5.00 Å². The first kappa shape index (κ1) is 10.3. The van der Waals surface area contributed by atoms with E-state index >= 15 is 0 Å². The predicted octanol–water partition coefficient (Wildman–Crippen LogP) is 2.22. The van der Waals surface area contributed by atoms with Gasteiger partial charge in [0.05, 0.1) is 10.6 Å². The molecule has 3 nitrogen and oxygen atoms in total. The number of carbonyl (C=O) groups excluding carboxylic acids is 1. The number of hydrogen-bond donors (Lipinski definition) is 1. The molecule has 0 spiro atoms. The van der Waals surface area contributed by atoms with Gasteiger partial charge in [0.1, 0.15) is 0 Å². The molecule has 0 aliphatic carbocycles. The van der Waals surface area contributed by atoms with Crippen molar-refractivity contribution in [2.24, 2.45) is 0 Å². The van der Waals surface area contributed by atoms with Gasteiger partial charge in [0.15, 0.2) is 5.78 Å². The van der Waals surface area contributed by atoms with Crippen LogP contribution < -0.4 is 5.73 Å². The predicted molar refractivity (Wildman–Crippen MR) is 66.0 cm³/mol. The molecular weight excluding hydrogens is 220 g/mol. The number of nitrogens with zero attached hydrogens (tertiary/aromatic N) is 1. The van der Waals surface area contributed by atoms with Gasteiger partial charge in [0.25, 0.3) is 0 Å². The maximum absolute atomic E-state index is 11.6. The minimum absolute atomic E-state index is 0.124. The van der Waals surface area contributed by atoms with Gasteiger partial charge in [0, 0.05) is 17.0 Å². The third kappa shape index (κ3) is 1.20. The lowest BCUT2D eigenvalue weighted by Gasteiger charge is -2.31. The number of nitrogens with two attached hydrogens (primary N) is 1. The summed E-state index contributed by atoms with van der Waals surface area (Å²) in [5.74, 6) is 0.124. The Morgan fingerprint density at radius 2 is 2.25 bits per heavy atom. The van der Waals surface area contributed by atoms with Crippen molar-refractivity contribution in [2.45, 2.75) is 38.3 Å². The van der Waals surface area contributed by atoms with E-state index in [-0.39, 0.29) is 5.78 Å². The Morgan fingerprint density at radius 1 is 1.50 bits per heavy atom. The van der Waals surface area contributed by atoms with Crippen LogP contribution in [-0.2, 0) is 6.42 Å². The lowest BCUT2D eigenvalue weighted by Crippen LogP contribution is -2.33. The molecule has 0 saturated carbocycles. The van der Waals surface area contributed by atoms with Crippen LogP contribution in [0.3, 0.4) is 0 Å². The van der Waals surface area contributed by atoms with Crippen molar-refractivity contribution in [1.82, 2.24) is 4.90 Å². The number of thiophene rings is 1. The maximum atomic E-state index is 11.6. The van der Waals surface area contributed by atoms with Gasteiger partial charge in [-0.2, -0.15) is 0 Å². The Hall–Kier alpha value is -0.870. The van der Waals surface area contributed by atoms with Crippen LogP contribution in [0.15, 0.2) is 0 Å². The van der Waals surface area contributed by atoms with E-state index in [4.69, 9.17) is 5.73 Å². The molecule has 2 atom stereocenters. The van der Waals surface area contributed by atoms with Gasteiger partial charge in [-0.1, -0.05) is 0 Å². The Kier molecular flexibility index (Phi) is 2.13. The summed E-state index contributed by atoms with van der Waals surface area (Å²) in [6.07, 6.45) is 3.47. The molecule has 2 N–H and O–H groups in total. The summed E-state index contributed by atoms with van der Waals surface area (Å²) in [4.78, 5) is 15.4. The van der Waals surface area contributed by atoms with Crippen LogP contribution >= 0.6 is 11.3 Å². The molecule has 4 heteroatoms. The first-order valence-electron chi connectivity index (χ1n) is 5.73. The molecule has 3 heterocycles. The van der Waals surface area contributed by atoms with Gasteiger partial charge >= 0.3 is 0 Å². The first-order valence-corrected chi connectivity index (χ1v) is 6.55. The fourth-order valence-electron chi connectivity index (χ4n) is 3.17. The number of rotatable bonds is 1. The first-order chi connectivity index (χ1) is 7.59. The number of hydrogen-bond acceptors (Lipinski definition) is 4. The summed E-state index contributed by atoms with van der Waals surface area (Å²) in [6.45, 7) is 1.62. The summed E-state index contributed by atoms with van der Waals surface area (Å²) in [5, 5.41) is 0.721. The SMILES string of the molecule is CC(=O)c1c(N)sc2c1C[C@H]1CC[C@H]2N1C. The van der Waals surface area contributed by atoms with Crippen molar-refractivity contribution in [1.29, 1.82) is 0 Å². The topological polar surface area (TPSA) is 46.3 Å². The Bertz CT molecular complexity index is 466. The van der Waals surface area contributed by atoms with E-state index in [2.05, 4.69) is 11.9 Å². The van der Waals surface area contributed by atoms with Gasteiger partial charge in [-0.15, -0.1) is 11.3 Å². The van der Waals surface area contributed by atoms with E-state index in [1.54, 1.807) is 18.3 Å². The van der Waals surface area contributed by atoms with Gasteiger partial charge in [-0.25, -0.2) is 0 Å². The quantitative estimate of drug-likeness (QED) is 0.761. The highest BCUT2D eigenvalue weighted by atomic mass is 32.1. The number of fused-ring (bicyclic) bond motifs is 4. The van der Waals surface area contributed by atoms with Crippen molar-refractivity contribution >= 4 is 22.1 Å². The zero-order valence-corrected chi connectivity index (χ0v) is 10.4. The van der Waals surface area contributed by atoms with Crippen molar-refractivity contribution < 1.29 is 4.79 Å². The minimum Gasteiger partial charge on any atom is -0.390 e. The molecule has 86 valence electrons. The molecule has 0 aromatic carbocycles. The average Bonchev–Trinajstić information content (AvgIpc) is 2.64. The third-order valence-electron chi connectivity index (χ3n) is 4.00. The smallest absolute Gasteiger partial charge is 0.163 e. The molecule has 1 saturated heterocycles. The summed E-state index contributed by atoms with van der Waals surface area (Å²) >= 11 is 1.62. The van der Waals surface area contributed by atoms with Crippen LogP contribution in [0.5, 0.6) is 0 Å². The minimum atomic E-state index is 0.124. The zero-order valence-electron chi connectivity index (χ0n) is 9.62. The number of anilines is 1. The maximum Gasteiger partial charge on any atom is 0.163 e. The van der Waals surface area contributed by atoms with E-state index in [0.29, 0.717) is 12.1 Å². The lowest BCUT2D eigenvalue weighted by molar-refractivity contribution is 0.101. The highest BCUT2D eigenvalue weighted by Crippen LogP contribution is 2.48. The zero-order chi connectivity index (χ0) is 11.4. The molecule has 16 heavy (non-hydrogen) atoms. The molecule has 1 fully saturated rings. The molecule has 0 radical (unpaired) electrons. The fourth-order valence-corrected chi connectivity index (χ4v) is 4.51. The number of ketones is 1. The van der Waals surface area contributed by atoms with Crippen LogP contribution in [0.25, 0.3) is 0 Å². The molecule has 2 aliphatic heterocycles. The van der Waals surface area contributed by atoms with Gasteiger partial charge in [0.2, 0.25) is 0 Å². The summed E-state index contributed by atoms with van der Waals surface area (Å²) in [7, 11) is 2.19. The molecule has 2 aliphatic rings. The van der Waals surface area contributed by atoms with E-state index in [0.717, 1.165) is 17.0 Å². The number of likely N-dealkylation sites (N-methyl/N-ethyl adjacent to an activating group) is 1. The van der Waals surface area contributed by atoms with Gasteiger partial charge in [-0.05, 0) is 38.8 Å². The van der Waals surface area contributed by atoms with Crippen molar-refractivity contribution in [3.05, 3.63) is 16.0 Å². The number of nitrogen functional groups attached to an aromatic ring is 1. The van der Waals surface area contributed by atoms with Gasteiger partial charge < -0.3 is 5.73 Å². The second-order valence-electron chi connectivity index (χ2n) is 4.86. The Labute approximate surface area is 99.2 Å². The highest BCUT2D eigenvalue weighted by molar-refractivity contribution is 7.16. The lowest BCUT2D eigenvalue weighted by atomic mass is 9.96. The summed E-state index contributed by atoms with van der Waals surface area (Å²) in [5.41, 5.74) is 8.04. The summed E-state index contributed by atoms with van der Waals surface area (Å²) < 4.78 is 0. The Balaban J connectivity index is 2.16. The monoisotopic (exact) mass is 236 g/mol. The normalized spacial score (nSPS) is 28.1.